The Labute approximate surface area is 196 Å². The average molecular weight is 457 g/mol. The highest BCUT2D eigenvalue weighted by molar-refractivity contribution is 6.51. The zero-order chi connectivity index (χ0) is 24.4. The van der Waals surface area contributed by atoms with Crippen LogP contribution in [-0.2, 0) is 14.3 Å². The van der Waals surface area contributed by atoms with Crippen LogP contribution in [0.4, 0.5) is 5.69 Å². The summed E-state index contributed by atoms with van der Waals surface area (Å²) in [5.74, 6) is -1.86. The summed E-state index contributed by atoms with van der Waals surface area (Å²) in [6.07, 6.45) is 0. The molecule has 4 rings (SSSR count). The number of methoxy groups -OCH3 is 2. The van der Waals surface area contributed by atoms with Gasteiger partial charge >= 0.3 is 5.97 Å². The number of ketones is 1. The van der Waals surface area contributed by atoms with E-state index in [1.807, 2.05) is 6.07 Å². The summed E-state index contributed by atoms with van der Waals surface area (Å²) < 4.78 is 10.0. The molecule has 7 nitrogen and oxygen atoms in total. The van der Waals surface area contributed by atoms with Crippen molar-refractivity contribution >= 4 is 29.1 Å². The Morgan fingerprint density at radius 3 is 2.32 bits per heavy atom. The van der Waals surface area contributed by atoms with E-state index in [-0.39, 0.29) is 16.9 Å². The Hall–Kier alpha value is -4.39. The highest BCUT2D eigenvalue weighted by Crippen LogP contribution is 2.42. The number of benzene rings is 3. The number of carbonyl (C=O) groups excluding carboxylic acids is 3. The lowest BCUT2D eigenvalue weighted by atomic mass is 9.93. The molecule has 1 saturated heterocycles. The van der Waals surface area contributed by atoms with Crippen molar-refractivity contribution in [3.05, 3.63) is 101 Å². The molecule has 0 radical (unpaired) electrons. The normalized spacial score (nSPS) is 17.0. The summed E-state index contributed by atoms with van der Waals surface area (Å²) in [4.78, 5) is 39.9. The fraction of sp³-hybridized carbons (Fsp3) is 0.148. The number of aryl methyl sites for hydroxylation is 1. The van der Waals surface area contributed by atoms with Crippen LogP contribution in [0.15, 0.2) is 78.4 Å². The summed E-state index contributed by atoms with van der Waals surface area (Å²) in [6, 6.07) is 19.4. The monoisotopic (exact) mass is 457 g/mol. The molecule has 0 saturated carbocycles. The van der Waals surface area contributed by atoms with Crippen LogP contribution in [0.1, 0.15) is 33.1 Å². The van der Waals surface area contributed by atoms with E-state index in [4.69, 9.17) is 9.47 Å². The van der Waals surface area contributed by atoms with Crippen LogP contribution in [0.2, 0.25) is 0 Å². The summed E-state index contributed by atoms with van der Waals surface area (Å²) in [7, 11) is 2.81. The molecule has 1 heterocycles. The van der Waals surface area contributed by atoms with Crippen LogP contribution >= 0.6 is 0 Å². The second kappa shape index (κ2) is 9.23. The van der Waals surface area contributed by atoms with E-state index in [2.05, 4.69) is 0 Å². The van der Waals surface area contributed by atoms with Crippen LogP contribution in [-0.4, -0.2) is 37.0 Å². The lowest BCUT2D eigenvalue weighted by molar-refractivity contribution is -0.132. The van der Waals surface area contributed by atoms with Crippen LogP contribution < -0.4 is 9.64 Å². The van der Waals surface area contributed by atoms with Crippen molar-refractivity contribution < 1.29 is 29.0 Å². The standard InChI is InChI=1S/C27H23NO6/c1-16-14-20(33-2)12-13-21(16)24(29)22-23(17-8-5-4-6-9-17)28(26(31)25(22)30)19-11-7-10-18(15-19)27(32)34-3/h4-15,23,29H,1-3H3/b24-22-. The van der Waals surface area contributed by atoms with Crippen LogP contribution in [0.5, 0.6) is 5.75 Å². The Bertz CT molecular complexity index is 1310. The fourth-order valence-electron chi connectivity index (χ4n) is 4.12. The number of Topliss-reactive ketones (excluding diaryl/α,β-unsaturated/α-hetero) is 1. The van der Waals surface area contributed by atoms with E-state index in [1.54, 1.807) is 67.6 Å². The Morgan fingerprint density at radius 2 is 1.68 bits per heavy atom. The summed E-state index contributed by atoms with van der Waals surface area (Å²) in [5, 5.41) is 11.3. The molecule has 34 heavy (non-hydrogen) atoms. The van der Waals surface area contributed by atoms with E-state index in [1.165, 1.54) is 25.2 Å². The molecule has 172 valence electrons. The quantitative estimate of drug-likeness (QED) is 0.264. The summed E-state index contributed by atoms with van der Waals surface area (Å²) in [6.45, 7) is 1.78. The number of amides is 1. The fourth-order valence-corrected chi connectivity index (χ4v) is 4.12. The number of rotatable bonds is 5. The molecule has 1 aliphatic rings. The number of aliphatic hydroxyl groups is 1. The van der Waals surface area contributed by atoms with Gasteiger partial charge in [0, 0.05) is 11.3 Å². The van der Waals surface area contributed by atoms with Gasteiger partial charge in [0.25, 0.3) is 11.7 Å². The molecule has 0 aromatic heterocycles. The highest BCUT2D eigenvalue weighted by atomic mass is 16.5. The predicted octanol–water partition coefficient (Wildman–Crippen LogP) is 4.42. The molecule has 1 atom stereocenters. The van der Waals surface area contributed by atoms with Crippen molar-refractivity contribution in [1.82, 2.24) is 0 Å². The first-order valence-electron chi connectivity index (χ1n) is 10.6. The topological polar surface area (TPSA) is 93.1 Å². The number of nitrogens with zero attached hydrogens (tertiary/aromatic N) is 1. The van der Waals surface area contributed by atoms with Gasteiger partial charge in [0.15, 0.2) is 0 Å². The number of ether oxygens (including phenoxy) is 2. The van der Waals surface area contributed by atoms with Crippen molar-refractivity contribution in [2.24, 2.45) is 0 Å². The number of carbonyl (C=O) groups is 3. The maximum atomic E-state index is 13.3. The summed E-state index contributed by atoms with van der Waals surface area (Å²) in [5.41, 5.74) is 2.28. The third-order valence-corrected chi connectivity index (χ3v) is 5.79. The number of esters is 1. The molecular formula is C27H23NO6. The van der Waals surface area contributed by atoms with Gasteiger partial charge < -0.3 is 14.6 Å². The van der Waals surface area contributed by atoms with Gasteiger partial charge in [0.2, 0.25) is 0 Å². The molecular weight excluding hydrogens is 434 g/mol. The van der Waals surface area contributed by atoms with E-state index in [0.717, 1.165) is 0 Å². The zero-order valence-corrected chi connectivity index (χ0v) is 18.9. The van der Waals surface area contributed by atoms with Gasteiger partial charge in [-0.15, -0.1) is 0 Å². The Balaban J connectivity index is 1.93. The van der Waals surface area contributed by atoms with Crippen molar-refractivity contribution in [2.75, 3.05) is 19.1 Å². The molecule has 3 aromatic rings. The average Bonchev–Trinajstić information content (AvgIpc) is 3.13. The minimum Gasteiger partial charge on any atom is -0.507 e. The lowest BCUT2D eigenvalue weighted by Gasteiger charge is -2.26. The molecule has 1 unspecified atom stereocenters. The first-order valence-corrected chi connectivity index (χ1v) is 10.6. The van der Waals surface area contributed by atoms with Gasteiger partial charge in [-0.3, -0.25) is 14.5 Å². The van der Waals surface area contributed by atoms with Crippen molar-refractivity contribution in [3.8, 4) is 5.75 Å². The van der Waals surface area contributed by atoms with E-state index < -0.39 is 23.7 Å². The molecule has 1 N–H and O–H groups in total. The first kappa shape index (κ1) is 22.8. The summed E-state index contributed by atoms with van der Waals surface area (Å²) >= 11 is 0. The molecule has 1 fully saturated rings. The second-order valence-corrected chi connectivity index (χ2v) is 7.80. The van der Waals surface area contributed by atoms with Crippen molar-refractivity contribution in [3.63, 3.8) is 0 Å². The van der Waals surface area contributed by atoms with Gasteiger partial charge in [0.05, 0.1) is 31.4 Å². The first-order chi connectivity index (χ1) is 16.4. The van der Waals surface area contributed by atoms with Gasteiger partial charge in [-0.2, -0.15) is 0 Å². The van der Waals surface area contributed by atoms with Gasteiger partial charge in [-0.05, 0) is 54.4 Å². The smallest absolute Gasteiger partial charge is 0.337 e. The minimum atomic E-state index is -0.893. The maximum Gasteiger partial charge on any atom is 0.337 e. The van der Waals surface area contributed by atoms with Crippen molar-refractivity contribution in [1.29, 1.82) is 0 Å². The Morgan fingerprint density at radius 1 is 0.941 bits per heavy atom. The van der Waals surface area contributed by atoms with Crippen LogP contribution in [0, 0.1) is 6.92 Å². The molecule has 1 aliphatic heterocycles. The number of hydrogen-bond donors (Lipinski definition) is 1. The third kappa shape index (κ3) is 3.92. The predicted molar refractivity (Wildman–Crippen MR) is 127 cm³/mol. The third-order valence-electron chi connectivity index (χ3n) is 5.79. The molecule has 3 aromatic carbocycles. The van der Waals surface area contributed by atoms with Gasteiger partial charge in [-0.25, -0.2) is 4.79 Å². The molecule has 0 bridgehead atoms. The number of hydrogen-bond acceptors (Lipinski definition) is 6. The van der Waals surface area contributed by atoms with E-state index in [9.17, 15) is 19.5 Å². The highest BCUT2D eigenvalue weighted by Gasteiger charge is 2.47. The van der Waals surface area contributed by atoms with Gasteiger partial charge in [-0.1, -0.05) is 36.4 Å². The number of anilines is 1. The SMILES string of the molecule is COC(=O)c1cccc(N2C(=O)C(=O)/C(=C(\O)c3ccc(OC)cc3C)C2c2ccccc2)c1. The lowest BCUT2D eigenvalue weighted by Crippen LogP contribution is -2.29. The minimum absolute atomic E-state index is 0.0343. The molecule has 0 aliphatic carbocycles. The molecule has 0 spiro atoms. The molecule has 7 heteroatoms. The van der Waals surface area contributed by atoms with Crippen LogP contribution in [0.25, 0.3) is 5.76 Å². The number of aliphatic hydroxyl groups excluding tert-OH is 1. The van der Waals surface area contributed by atoms with E-state index >= 15 is 0 Å². The maximum absolute atomic E-state index is 13.3. The zero-order valence-electron chi connectivity index (χ0n) is 18.9. The van der Waals surface area contributed by atoms with Crippen molar-refractivity contribution in [2.45, 2.75) is 13.0 Å². The largest absolute Gasteiger partial charge is 0.507 e. The second-order valence-electron chi connectivity index (χ2n) is 7.80. The molecule has 1 amide bonds. The Kier molecular flexibility index (Phi) is 6.19. The van der Waals surface area contributed by atoms with Gasteiger partial charge in [0.1, 0.15) is 11.5 Å². The van der Waals surface area contributed by atoms with Crippen LogP contribution in [0.3, 0.4) is 0 Å². The van der Waals surface area contributed by atoms with E-state index in [0.29, 0.717) is 28.1 Å².